The third-order valence-electron chi connectivity index (χ3n) is 6.38. The first-order valence-electron chi connectivity index (χ1n) is 12.6. The van der Waals surface area contributed by atoms with Crippen molar-refractivity contribution in [2.45, 2.75) is 52.7 Å². The minimum absolute atomic E-state index is 0.0259. The lowest BCUT2D eigenvalue weighted by Gasteiger charge is -2.43. The number of carbonyl (C=O) groups excluding carboxylic acids is 3. The fraction of sp³-hybridized carbons (Fsp3) is 0.519. The fourth-order valence-corrected chi connectivity index (χ4v) is 4.77. The number of piperazine rings is 1. The number of rotatable bonds is 8. The Bertz CT molecular complexity index is 1020. The Labute approximate surface area is 214 Å². The summed E-state index contributed by atoms with van der Waals surface area (Å²) in [6.07, 6.45) is 1.65. The Kier molecular flexibility index (Phi) is 9.14. The van der Waals surface area contributed by atoms with Gasteiger partial charge in [-0.2, -0.15) is 0 Å². The van der Waals surface area contributed by atoms with Gasteiger partial charge < -0.3 is 20.3 Å². The molecule has 9 heteroatoms. The third kappa shape index (κ3) is 6.26. The molecular formula is C27H39N5O4. The van der Waals surface area contributed by atoms with Crippen molar-refractivity contribution in [3.63, 3.8) is 0 Å². The van der Waals surface area contributed by atoms with E-state index in [9.17, 15) is 14.4 Å². The van der Waals surface area contributed by atoms with Crippen LogP contribution in [0.4, 0.5) is 9.59 Å². The summed E-state index contributed by atoms with van der Waals surface area (Å²) in [7, 11) is 0. The molecular weight excluding hydrogens is 458 g/mol. The zero-order valence-electron chi connectivity index (χ0n) is 22.0. The van der Waals surface area contributed by atoms with Crippen molar-refractivity contribution in [2.75, 3.05) is 39.3 Å². The van der Waals surface area contributed by atoms with Crippen LogP contribution in [0, 0.1) is 6.92 Å². The molecule has 2 unspecified atom stereocenters. The molecule has 1 aromatic carbocycles. The molecule has 2 atom stereocenters. The molecule has 196 valence electrons. The first kappa shape index (κ1) is 27.3. The molecule has 1 fully saturated rings. The molecule has 0 bridgehead atoms. The van der Waals surface area contributed by atoms with E-state index >= 15 is 0 Å². The van der Waals surface area contributed by atoms with E-state index in [1.54, 1.807) is 17.9 Å². The molecule has 1 aromatic rings. The predicted molar refractivity (Wildman–Crippen MR) is 139 cm³/mol. The highest BCUT2D eigenvalue weighted by Crippen LogP contribution is 2.33. The van der Waals surface area contributed by atoms with Crippen LogP contribution < -0.4 is 10.6 Å². The van der Waals surface area contributed by atoms with Crippen LogP contribution in [-0.4, -0.2) is 84.1 Å². The molecule has 4 amide bonds. The molecule has 9 nitrogen and oxygen atoms in total. The summed E-state index contributed by atoms with van der Waals surface area (Å²) in [6, 6.07) is 6.82. The van der Waals surface area contributed by atoms with Crippen molar-refractivity contribution in [3.8, 4) is 0 Å². The van der Waals surface area contributed by atoms with Gasteiger partial charge in [0, 0.05) is 50.5 Å². The maximum absolute atomic E-state index is 13.3. The van der Waals surface area contributed by atoms with Gasteiger partial charge in [0.25, 0.3) is 0 Å². The Morgan fingerprint density at radius 3 is 2.67 bits per heavy atom. The highest BCUT2D eigenvalue weighted by Gasteiger charge is 2.39. The van der Waals surface area contributed by atoms with Crippen molar-refractivity contribution >= 4 is 18.0 Å². The average Bonchev–Trinajstić information content (AvgIpc) is 2.80. The minimum atomic E-state index is -0.622. The first-order chi connectivity index (χ1) is 17.2. The molecule has 36 heavy (non-hydrogen) atoms. The standard InChI is InChI=1S/C27H39N5O4/c1-7-12-32-22(17-30-13-14-31(20(6)16-30)26(34)28-18(3)4)23(25(33)36-8-2)24(29-27(32)35)21-11-9-10-19(5)15-21/h7,9-11,15,18,20,24H,1,8,12-14,16-17H2,2-6H3,(H,28,34)(H,29,35). The van der Waals surface area contributed by atoms with Gasteiger partial charge in [-0.3, -0.25) is 9.80 Å². The Hall–Kier alpha value is -3.33. The van der Waals surface area contributed by atoms with Crippen LogP contribution in [-0.2, 0) is 9.53 Å². The van der Waals surface area contributed by atoms with Gasteiger partial charge in [-0.15, -0.1) is 6.58 Å². The molecule has 2 aliphatic heterocycles. The van der Waals surface area contributed by atoms with E-state index in [1.807, 2.05) is 56.9 Å². The van der Waals surface area contributed by atoms with Gasteiger partial charge in [0.1, 0.15) is 0 Å². The highest BCUT2D eigenvalue weighted by molar-refractivity contribution is 5.95. The van der Waals surface area contributed by atoms with E-state index in [1.165, 1.54) is 0 Å². The van der Waals surface area contributed by atoms with Gasteiger partial charge in [-0.05, 0) is 40.2 Å². The lowest BCUT2D eigenvalue weighted by molar-refractivity contribution is -0.139. The quantitative estimate of drug-likeness (QED) is 0.425. The second kappa shape index (κ2) is 12.1. The van der Waals surface area contributed by atoms with Crippen LogP contribution in [0.1, 0.15) is 44.9 Å². The second-order valence-electron chi connectivity index (χ2n) is 9.66. The lowest BCUT2D eigenvalue weighted by atomic mass is 9.93. The van der Waals surface area contributed by atoms with E-state index in [2.05, 4.69) is 22.1 Å². The average molecular weight is 498 g/mol. The van der Waals surface area contributed by atoms with Gasteiger partial charge in [0.2, 0.25) is 0 Å². The maximum atomic E-state index is 13.3. The minimum Gasteiger partial charge on any atom is -0.463 e. The molecule has 3 rings (SSSR count). The summed E-state index contributed by atoms with van der Waals surface area (Å²) < 4.78 is 5.47. The van der Waals surface area contributed by atoms with Gasteiger partial charge in [-0.1, -0.05) is 35.9 Å². The SMILES string of the molecule is C=CCN1C(=O)NC(c2cccc(C)c2)C(C(=O)OCC)=C1CN1CCN(C(=O)NC(C)C)C(C)C1. The number of ether oxygens (including phenoxy) is 1. The number of nitrogens with one attached hydrogen (secondary N) is 2. The van der Waals surface area contributed by atoms with Crippen LogP contribution in [0.2, 0.25) is 0 Å². The topological polar surface area (TPSA) is 94.2 Å². The molecule has 1 saturated heterocycles. The molecule has 2 N–H and O–H groups in total. The molecule has 0 spiro atoms. The van der Waals surface area contributed by atoms with E-state index < -0.39 is 12.0 Å². The summed E-state index contributed by atoms with van der Waals surface area (Å²) in [6.45, 7) is 16.1. The highest BCUT2D eigenvalue weighted by atomic mass is 16.5. The van der Waals surface area contributed by atoms with Crippen LogP contribution in [0.25, 0.3) is 0 Å². The zero-order valence-corrected chi connectivity index (χ0v) is 22.0. The van der Waals surface area contributed by atoms with Crippen LogP contribution in [0.3, 0.4) is 0 Å². The number of hydrogen-bond donors (Lipinski definition) is 2. The normalized spacial score (nSPS) is 20.9. The number of benzene rings is 1. The maximum Gasteiger partial charge on any atom is 0.338 e. The Morgan fingerprint density at radius 2 is 2.06 bits per heavy atom. The van der Waals surface area contributed by atoms with Crippen LogP contribution in [0.15, 0.2) is 48.2 Å². The number of amides is 4. The number of esters is 1. The predicted octanol–water partition coefficient (Wildman–Crippen LogP) is 3.19. The van der Waals surface area contributed by atoms with Gasteiger partial charge in [0.15, 0.2) is 0 Å². The van der Waals surface area contributed by atoms with Crippen molar-refractivity contribution < 1.29 is 19.1 Å². The monoisotopic (exact) mass is 497 g/mol. The molecule has 0 aliphatic carbocycles. The van der Waals surface area contributed by atoms with Crippen LogP contribution >= 0.6 is 0 Å². The van der Waals surface area contributed by atoms with E-state index in [0.717, 1.165) is 11.1 Å². The molecule has 2 aliphatic rings. The van der Waals surface area contributed by atoms with Crippen molar-refractivity contribution in [1.82, 2.24) is 25.3 Å². The van der Waals surface area contributed by atoms with Crippen molar-refractivity contribution in [1.29, 1.82) is 0 Å². The van der Waals surface area contributed by atoms with E-state index in [-0.39, 0.29) is 37.3 Å². The fourth-order valence-electron chi connectivity index (χ4n) is 4.77. The third-order valence-corrected chi connectivity index (χ3v) is 6.38. The first-order valence-corrected chi connectivity index (χ1v) is 12.6. The number of carbonyl (C=O) groups is 3. The largest absolute Gasteiger partial charge is 0.463 e. The number of urea groups is 2. The Balaban J connectivity index is 1.97. The molecule has 0 saturated carbocycles. The van der Waals surface area contributed by atoms with Crippen LogP contribution in [0.5, 0.6) is 0 Å². The summed E-state index contributed by atoms with van der Waals surface area (Å²) in [5, 5.41) is 5.96. The van der Waals surface area contributed by atoms with Gasteiger partial charge in [0.05, 0.1) is 18.2 Å². The van der Waals surface area contributed by atoms with E-state index in [4.69, 9.17) is 4.74 Å². The number of nitrogens with zero attached hydrogens (tertiary/aromatic N) is 3. The summed E-state index contributed by atoms with van der Waals surface area (Å²) in [5.74, 6) is -0.448. The van der Waals surface area contributed by atoms with Crippen molar-refractivity contribution in [2.24, 2.45) is 0 Å². The second-order valence-corrected chi connectivity index (χ2v) is 9.66. The van der Waals surface area contributed by atoms with E-state index in [0.29, 0.717) is 37.4 Å². The smallest absolute Gasteiger partial charge is 0.338 e. The molecule has 0 radical (unpaired) electrons. The van der Waals surface area contributed by atoms with Gasteiger partial charge in [-0.25, -0.2) is 14.4 Å². The van der Waals surface area contributed by atoms with Crippen molar-refractivity contribution in [3.05, 3.63) is 59.3 Å². The lowest BCUT2D eigenvalue weighted by Crippen LogP contribution is -2.58. The summed E-state index contributed by atoms with van der Waals surface area (Å²) >= 11 is 0. The summed E-state index contributed by atoms with van der Waals surface area (Å²) in [5.41, 5.74) is 2.89. The van der Waals surface area contributed by atoms with Gasteiger partial charge >= 0.3 is 18.0 Å². The number of hydrogen-bond acceptors (Lipinski definition) is 5. The summed E-state index contributed by atoms with van der Waals surface area (Å²) in [4.78, 5) is 44.7. The zero-order chi connectivity index (χ0) is 26.4. The molecule has 0 aromatic heterocycles. The number of aryl methyl sites for hydroxylation is 1. The molecule has 2 heterocycles. The Morgan fingerprint density at radius 1 is 1.31 bits per heavy atom.